The topological polar surface area (TPSA) is 44.4 Å². The molecule has 19 heavy (non-hydrogen) atoms. The number of aromatic nitrogens is 1. The maximum absolute atomic E-state index is 11.6. The number of likely N-dealkylation sites (N-methyl/N-ethyl adjacent to an activating group) is 1. The number of benzene rings is 1. The van der Waals surface area contributed by atoms with E-state index >= 15 is 0 Å². The maximum Gasteiger partial charge on any atom is 0.311 e. The number of pyridine rings is 1. The van der Waals surface area contributed by atoms with Crippen LogP contribution in [0.1, 0.15) is 6.92 Å². The number of nitrogens with zero attached hydrogens (tertiary/aromatic N) is 2. The lowest BCUT2D eigenvalue weighted by Gasteiger charge is -2.09. The average molecular weight is 257 g/mol. The van der Waals surface area contributed by atoms with E-state index in [1.54, 1.807) is 11.5 Å². The van der Waals surface area contributed by atoms with E-state index in [1.165, 1.54) is 0 Å². The Morgan fingerprint density at radius 3 is 2.26 bits per heavy atom. The van der Waals surface area contributed by atoms with Crippen molar-refractivity contribution >= 4 is 5.91 Å². The first-order chi connectivity index (χ1) is 9.20. The molecule has 1 aromatic heterocycles. The molecule has 2 aromatic rings. The molecule has 1 N–H and O–H groups in total. The predicted molar refractivity (Wildman–Crippen MR) is 71.2 cm³/mol. The number of hydrogen-bond acceptors (Lipinski definition) is 2. The van der Waals surface area contributed by atoms with Crippen molar-refractivity contribution in [1.29, 1.82) is 0 Å². The fraction of sp³-hybridized carbons (Fsp3) is 0.200. The molecule has 0 atom stereocenters. The molecule has 98 valence electrons. The van der Waals surface area contributed by atoms with Gasteiger partial charge in [-0.05, 0) is 18.1 Å². The second-order valence-electron chi connectivity index (χ2n) is 4.23. The molecule has 0 bridgehead atoms. The van der Waals surface area contributed by atoms with Gasteiger partial charge in [-0.1, -0.05) is 30.3 Å². The zero-order valence-electron chi connectivity index (χ0n) is 10.9. The molecular formula is C15H17N2O2+. The summed E-state index contributed by atoms with van der Waals surface area (Å²) in [7, 11) is 0. The smallest absolute Gasteiger partial charge is 0.286 e. The van der Waals surface area contributed by atoms with Crippen LogP contribution in [0.2, 0.25) is 0 Å². The summed E-state index contributed by atoms with van der Waals surface area (Å²) in [6.45, 7) is 2.15. The highest BCUT2D eigenvalue weighted by Crippen LogP contribution is 2.16. The molecule has 4 nitrogen and oxygen atoms in total. The minimum Gasteiger partial charge on any atom is -0.286 e. The Balaban J connectivity index is 2.09. The summed E-state index contributed by atoms with van der Waals surface area (Å²) < 4.78 is 1.74. The van der Waals surface area contributed by atoms with Crippen molar-refractivity contribution < 1.29 is 14.6 Å². The molecule has 4 heteroatoms. The van der Waals surface area contributed by atoms with Gasteiger partial charge in [0.1, 0.15) is 0 Å². The minimum absolute atomic E-state index is 0.138. The Bertz CT molecular complexity index is 538. The summed E-state index contributed by atoms with van der Waals surface area (Å²) in [6.07, 6.45) is 3.67. The van der Waals surface area contributed by atoms with Gasteiger partial charge >= 0.3 is 5.91 Å². The number of amides is 1. The Morgan fingerprint density at radius 2 is 1.68 bits per heavy atom. The zero-order valence-corrected chi connectivity index (χ0v) is 10.9. The van der Waals surface area contributed by atoms with Crippen molar-refractivity contribution in [3.8, 4) is 11.1 Å². The van der Waals surface area contributed by atoms with Crippen molar-refractivity contribution in [3.05, 3.63) is 54.9 Å². The standard InChI is InChI=1S/C15H17N2O2/c1-2-17(19)15(18)12-16-10-8-14(9-11-16)13-6-4-3-5-7-13/h3-11,19H,2,12H2,1H3/q+1. The summed E-state index contributed by atoms with van der Waals surface area (Å²) >= 11 is 0. The SMILES string of the molecule is CCN(O)C(=O)C[n+]1ccc(-c2ccccc2)cc1. The second kappa shape index (κ2) is 6.11. The zero-order chi connectivity index (χ0) is 13.7. The number of hydroxylamine groups is 2. The van der Waals surface area contributed by atoms with Gasteiger partial charge in [-0.3, -0.25) is 10.0 Å². The van der Waals surface area contributed by atoms with Gasteiger partial charge in [0, 0.05) is 18.7 Å². The highest BCUT2D eigenvalue weighted by Gasteiger charge is 2.14. The largest absolute Gasteiger partial charge is 0.311 e. The van der Waals surface area contributed by atoms with Crippen molar-refractivity contribution in [2.75, 3.05) is 6.54 Å². The van der Waals surface area contributed by atoms with Crippen LogP contribution < -0.4 is 4.57 Å². The molecule has 0 saturated heterocycles. The van der Waals surface area contributed by atoms with Gasteiger partial charge in [-0.15, -0.1) is 0 Å². The normalized spacial score (nSPS) is 10.2. The number of hydrogen-bond donors (Lipinski definition) is 1. The van der Waals surface area contributed by atoms with E-state index in [4.69, 9.17) is 0 Å². The van der Waals surface area contributed by atoms with Gasteiger partial charge in [-0.2, -0.15) is 4.57 Å². The fourth-order valence-corrected chi connectivity index (χ4v) is 1.80. The van der Waals surface area contributed by atoms with Gasteiger partial charge in [-0.25, -0.2) is 5.06 Å². The molecule has 1 heterocycles. The third-order valence-corrected chi connectivity index (χ3v) is 2.90. The van der Waals surface area contributed by atoms with Crippen molar-refractivity contribution in [2.24, 2.45) is 0 Å². The molecule has 2 rings (SSSR count). The lowest BCUT2D eigenvalue weighted by atomic mass is 10.1. The van der Waals surface area contributed by atoms with Gasteiger partial charge < -0.3 is 0 Å². The molecule has 0 saturated carbocycles. The van der Waals surface area contributed by atoms with E-state index in [0.717, 1.165) is 16.2 Å². The molecule has 0 fully saturated rings. The monoisotopic (exact) mass is 257 g/mol. The van der Waals surface area contributed by atoms with Crippen molar-refractivity contribution in [2.45, 2.75) is 13.5 Å². The van der Waals surface area contributed by atoms with Gasteiger partial charge in [0.05, 0.1) is 0 Å². The third-order valence-electron chi connectivity index (χ3n) is 2.90. The van der Waals surface area contributed by atoms with Gasteiger partial charge in [0.2, 0.25) is 6.54 Å². The van der Waals surface area contributed by atoms with E-state index in [0.29, 0.717) is 6.54 Å². The summed E-state index contributed by atoms with van der Waals surface area (Å²) in [5.74, 6) is -0.319. The Hall–Kier alpha value is -2.20. The first-order valence-electron chi connectivity index (χ1n) is 6.24. The van der Waals surface area contributed by atoms with Crippen LogP contribution in [0.5, 0.6) is 0 Å². The molecular weight excluding hydrogens is 240 g/mol. The van der Waals surface area contributed by atoms with Crippen LogP contribution in [-0.2, 0) is 11.3 Å². The van der Waals surface area contributed by atoms with E-state index in [9.17, 15) is 10.0 Å². The molecule has 1 aromatic carbocycles. The average Bonchev–Trinajstić information content (AvgIpc) is 2.48. The first-order valence-corrected chi connectivity index (χ1v) is 6.24. The molecule has 0 radical (unpaired) electrons. The van der Waals surface area contributed by atoms with Crippen LogP contribution in [0.3, 0.4) is 0 Å². The Morgan fingerprint density at radius 1 is 1.11 bits per heavy atom. The number of carbonyl (C=O) groups excluding carboxylic acids is 1. The van der Waals surface area contributed by atoms with Crippen molar-refractivity contribution in [3.63, 3.8) is 0 Å². The van der Waals surface area contributed by atoms with E-state index in [-0.39, 0.29) is 12.5 Å². The van der Waals surface area contributed by atoms with Gasteiger partial charge in [0.25, 0.3) is 0 Å². The molecule has 1 amide bonds. The van der Waals surface area contributed by atoms with Crippen LogP contribution >= 0.6 is 0 Å². The van der Waals surface area contributed by atoms with Crippen LogP contribution in [-0.4, -0.2) is 22.7 Å². The van der Waals surface area contributed by atoms with Crippen LogP contribution in [0.4, 0.5) is 0 Å². The lowest BCUT2D eigenvalue weighted by Crippen LogP contribution is -2.43. The fourth-order valence-electron chi connectivity index (χ4n) is 1.80. The number of rotatable bonds is 4. The minimum atomic E-state index is -0.319. The first kappa shape index (κ1) is 13.2. The lowest BCUT2D eigenvalue weighted by molar-refractivity contribution is -0.685. The second-order valence-corrected chi connectivity index (χ2v) is 4.23. The highest BCUT2D eigenvalue weighted by molar-refractivity contribution is 5.73. The maximum atomic E-state index is 11.6. The molecule has 0 aliphatic rings. The Labute approximate surface area is 112 Å². The number of carbonyl (C=O) groups is 1. The molecule has 0 spiro atoms. The molecule has 0 aliphatic carbocycles. The molecule has 0 aliphatic heterocycles. The van der Waals surface area contributed by atoms with Crippen molar-refractivity contribution in [1.82, 2.24) is 5.06 Å². The van der Waals surface area contributed by atoms with Crippen LogP contribution in [0.25, 0.3) is 11.1 Å². The van der Waals surface area contributed by atoms with Crippen LogP contribution in [0, 0.1) is 0 Å². The van der Waals surface area contributed by atoms with E-state index < -0.39 is 0 Å². The summed E-state index contributed by atoms with van der Waals surface area (Å²) in [5.41, 5.74) is 2.24. The van der Waals surface area contributed by atoms with Gasteiger partial charge in [0.15, 0.2) is 12.4 Å². The molecule has 0 unspecified atom stereocenters. The highest BCUT2D eigenvalue weighted by atomic mass is 16.5. The summed E-state index contributed by atoms with van der Waals surface area (Å²) in [4.78, 5) is 11.6. The predicted octanol–water partition coefficient (Wildman–Crippen LogP) is 1.88. The third kappa shape index (κ3) is 3.39. The van der Waals surface area contributed by atoms with E-state index in [2.05, 4.69) is 0 Å². The summed E-state index contributed by atoms with van der Waals surface area (Å²) in [5, 5.41) is 10.0. The van der Waals surface area contributed by atoms with E-state index in [1.807, 2.05) is 54.9 Å². The quantitative estimate of drug-likeness (QED) is 0.516. The Kier molecular flexibility index (Phi) is 4.26. The van der Waals surface area contributed by atoms with Crippen LogP contribution in [0.15, 0.2) is 54.9 Å². The summed E-state index contributed by atoms with van der Waals surface area (Å²) in [6, 6.07) is 13.9.